The molecule has 0 amide bonds. The van der Waals surface area contributed by atoms with E-state index in [4.69, 9.17) is 14.2 Å². The highest BCUT2D eigenvalue weighted by atomic mass is 16.7. The Morgan fingerprint density at radius 3 is 1.65 bits per heavy atom. The Morgan fingerprint density at radius 1 is 0.794 bits per heavy atom. The van der Waals surface area contributed by atoms with E-state index in [9.17, 15) is 15.3 Å². The normalized spacial score (nSPS) is 23.5. The van der Waals surface area contributed by atoms with Crippen molar-refractivity contribution in [3.63, 3.8) is 0 Å². The molecular weight excluding hydrogens is 432 g/mol. The molecule has 34 heavy (non-hydrogen) atoms. The summed E-state index contributed by atoms with van der Waals surface area (Å²) in [4.78, 5) is 0. The first-order valence-corrected chi connectivity index (χ1v) is 11.3. The zero-order valence-corrected chi connectivity index (χ0v) is 18.8. The average molecular weight is 463 g/mol. The van der Waals surface area contributed by atoms with Crippen LogP contribution in [0.4, 0.5) is 0 Å². The molecule has 1 aliphatic heterocycles. The molecule has 1 aliphatic rings. The molecule has 3 N–H and O–H groups in total. The second-order valence-corrected chi connectivity index (χ2v) is 8.22. The molecule has 0 aliphatic carbocycles. The van der Waals surface area contributed by atoms with Crippen molar-refractivity contribution in [2.75, 3.05) is 13.2 Å². The van der Waals surface area contributed by atoms with Crippen molar-refractivity contribution in [2.24, 2.45) is 0 Å². The van der Waals surface area contributed by atoms with Gasteiger partial charge in [-0.3, -0.25) is 0 Å². The van der Waals surface area contributed by atoms with Gasteiger partial charge in [0.15, 0.2) is 6.29 Å². The molecule has 6 heteroatoms. The summed E-state index contributed by atoms with van der Waals surface area (Å²) in [6.07, 6.45) is -4.44. The molecule has 6 nitrogen and oxygen atoms in total. The molecular formula is C28H30O6. The monoisotopic (exact) mass is 462 g/mol. The van der Waals surface area contributed by atoms with Crippen molar-refractivity contribution in [2.45, 2.75) is 36.3 Å². The maximum atomic E-state index is 10.5. The molecule has 0 unspecified atom stereocenters. The SMILES string of the molecule is C=CCO[C@H](COC(c1ccccc1)(c1ccccc1)c1ccccc1)[C@@H]1O[C@@H](O)[C@H](O)[C@H]1O. The molecule has 0 radical (unpaired) electrons. The lowest BCUT2D eigenvalue weighted by molar-refractivity contribution is -0.169. The number of hydrogen-bond donors (Lipinski definition) is 3. The minimum absolute atomic E-state index is 0.00763. The lowest BCUT2D eigenvalue weighted by Crippen LogP contribution is -2.45. The van der Waals surface area contributed by atoms with E-state index in [2.05, 4.69) is 6.58 Å². The minimum Gasteiger partial charge on any atom is -0.387 e. The second kappa shape index (κ2) is 11.1. The van der Waals surface area contributed by atoms with Gasteiger partial charge in [-0.2, -0.15) is 0 Å². The van der Waals surface area contributed by atoms with E-state index in [0.29, 0.717) is 0 Å². The second-order valence-electron chi connectivity index (χ2n) is 8.22. The Morgan fingerprint density at radius 2 is 1.26 bits per heavy atom. The smallest absolute Gasteiger partial charge is 0.184 e. The Labute approximate surface area is 199 Å². The Kier molecular flexibility index (Phi) is 7.90. The highest BCUT2D eigenvalue weighted by Crippen LogP contribution is 2.41. The first-order valence-electron chi connectivity index (χ1n) is 11.3. The predicted octanol–water partition coefficient (Wildman–Crippen LogP) is 3.01. The van der Waals surface area contributed by atoms with Crippen LogP contribution < -0.4 is 0 Å². The van der Waals surface area contributed by atoms with E-state index in [0.717, 1.165) is 16.7 Å². The molecule has 178 valence electrons. The summed E-state index contributed by atoms with van der Waals surface area (Å²) in [6.45, 7) is 3.88. The van der Waals surface area contributed by atoms with Gasteiger partial charge in [-0.1, -0.05) is 97.1 Å². The summed E-state index contributed by atoms with van der Waals surface area (Å²) < 4.78 is 18.1. The van der Waals surface area contributed by atoms with Gasteiger partial charge in [0.2, 0.25) is 0 Å². The van der Waals surface area contributed by atoms with Gasteiger partial charge in [-0.25, -0.2) is 0 Å². The van der Waals surface area contributed by atoms with Gasteiger partial charge in [0.05, 0.1) is 13.2 Å². The zero-order chi connectivity index (χ0) is 24.0. The van der Waals surface area contributed by atoms with Crippen LogP contribution in [-0.2, 0) is 19.8 Å². The third-order valence-corrected chi connectivity index (χ3v) is 6.07. The fraction of sp³-hybridized carbons (Fsp3) is 0.286. The third-order valence-electron chi connectivity index (χ3n) is 6.07. The number of aliphatic hydroxyl groups is 3. The van der Waals surface area contributed by atoms with Crippen molar-refractivity contribution in [3.05, 3.63) is 120 Å². The zero-order valence-electron chi connectivity index (χ0n) is 18.8. The predicted molar refractivity (Wildman–Crippen MR) is 128 cm³/mol. The number of aliphatic hydroxyl groups excluding tert-OH is 3. The molecule has 3 aromatic carbocycles. The van der Waals surface area contributed by atoms with E-state index in [-0.39, 0.29) is 13.2 Å². The highest BCUT2D eigenvalue weighted by molar-refractivity contribution is 5.47. The van der Waals surface area contributed by atoms with E-state index < -0.39 is 36.3 Å². The van der Waals surface area contributed by atoms with Crippen molar-refractivity contribution >= 4 is 0 Å². The van der Waals surface area contributed by atoms with Gasteiger partial charge < -0.3 is 29.5 Å². The number of ether oxygens (including phenoxy) is 3. The average Bonchev–Trinajstić information content (AvgIpc) is 3.15. The first-order chi connectivity index (χ1) is 16.6. The van der Waals surface area contributed by atoms with Crippen LogP contribution in [0, 0.1) is 0 Å². The van der Waals surface area contributed by atoms with Crippen molar-refractivity contribution in [1.82, 2.24) is 0 Å². The summed E-state index contributed by atoms with van der Waals surface area (Å²) in [7, 11) is 0. The number of rotatable bonds is 10. The first kappa shape index (κ1) is 24.3. The molecule has 0 bridgehead atoms. The van der Waals surface area contributed by atoms with E-state index in [1.165, 1.54) is 0 Å². The van der Waals surface area contributed by atoms with Crippen molar-refractivity contribution < 1.29 is 29.5 Å². The van der Waals surface area contributed by atoms with Crippen LogP contribution in [0.2, 0.25) is 0 Å². The highest BCUT2D eigenvalue weighted by Gasteiger charge is 2.47. The fourth-order valence-electron chi connectivity index (χ4n) is 4.40. The maximum absolute atomic E-state index is 10.5. The van der Waals surface area contributed by atoms with E-state index in [1.807, 2.05) is 91.0 Å². The summed E-state index contributed by atoms with van der Waals surface area (Å²) >= 11 is 0. The van der Waals surface area contributed by atoms with E-state index in [1.54, 1.807) is 6.08 Å². The van der Waals surface area contributed by atoms with Gasteiger partial charge in [0, 0.05) is 0 Å². The minimum atomic E-state index is -1.50. The van der Waals surface area contributed by atoms with Gasteiger partial charge in [0.25, 0.3) is 0 Å². The summed E-state index contributed by atoms with van der Waals surface area (Å²) in [5, 5.41) is 30.4. The number of hydrogen-bond acceptors (Lipinski definition) is 6. The Balaban J connectivity index is 1.77. The van der Waals surface area contributed by atoms with Crippen molar-refractivity contribution in [1.29, 1.82) is 0 Å². The molecule has 1 heterocycles. The van der Waals surface area contributed by atoms with Crippen molar-refractivity contribution in [3.8, 4) is 0 Å². The van der Waals surface area contributed by atoms with Crippen LogP contribution in [0.1, 0.15) is 16.7 Å². The molecule has 0 spiro atoms. The lowest BCUT2D eigenvalue weighted by Gasteiger charge is -2.38. The lowest BCUT2D eigenvalue weighted by atomic mass is 9.80. The largest absolute Gasteiger partial charge is 0.387 e. The molecule has 1 fully saturated rings. The molecule has 1 saturated heterocycles. The fourth-order valence-corrected chi connectivity index (χ4v) is 4.40. The maximum Gasteiger partial charge on any atom is 0.184 e. The molecule has 5 atom stereocenters. The van der Waals surface area contributed by atoms with E-state index >= 15 is 0 Å². The summed E-state index contributed by atoms with van der Waals surface area (Å²) in [5.74, 6) is 0. The van der Waals surface area contributed by atoms with Crippen LogP contribution in [0.5, 0.6) is 0 Å². The topological polar surface area (TPSA) is 88.4 Å². The number of benzene rings is 3. The summed E-state index contributed by atoms with van der Waals surface area (Å²) in [5.41, 5.74) is 1.77. The van der Waals surface area contributed by atoms with Crippen LogP contribution in [0.15, 0.2) is 104 Å². The van der Waals surface area contributed by atoms with Gasteiger partial charge >= 0.3 is 0 Å². The van der Waals surface area contributed by atoms with Gasteiger partial charge in [0.1, 0.15) is 30.0 Å². The quantitative estimate of drug-likeness (QED) is 0.317. The van der Waals surface area contributed by atoms with Gasteiger partial charge in [-0.05, 0) is 16.7 Å². The standard InChI is InChI=1S/C28H30O6/c1-2-18-32-23(26-24(29)25(30)27(31)34-26)19-33-28(20-12-6-3-7-13-20,21-14-8-4-9-15-21)22-16-10-5-11-17-22/h2-17,23-27,29-31H,1,18-19H2/t23-,24-,25-,26+,27-/m1/s1. The van der Waals surface area contributed by atoms with Crippen LogP contribution in [0.25, 0.3) is 0 Å². The van der Waals surface area contributed by atoms with Crippen LogP contribution >= 0.6 is 0 Å². The third kappa shape index (κ3) is 4.83. The Hall–Kier alpha value is -2.84. The molecule has 4 rings (SSSR count). The summed E-state index contributed by atoms with van der Waals surface area (Å²) in [6, 6.07) is 29.7. The molecule has 0 saturated carbocycles. The Bertz CT molecular complexity index is 930. The van der Waals surface area contributed by atoms with Gasteiger partial charge in [-0.15, -0.1) is 6.58 Å². The van der Waals surface area contributed by atoms with Crippen LogP contribution in [-0.4, -0.2) is 59.2 Å². The van der Waals surface area contributed by atoms with Crippen LogP contribution in [0.3, 0.4) is 0 Å². The molecule has 0 aromatic heterocycles. The molecule has 3 aromatic rings.